The lowest BCUT2D eigenvalue weighted by Crippen LogP contribution is -2.36. The summed E-state index contributed by atoms with van der Waals surface area (Å²) < 4.78 is 32.6. The van der Waals surface area contributed by atoms with Gasteiger partial charge in [0.2, 0.25) is 9.84 Å². The summed E-state index contributed by atoms with van der Waals surface area (Å²) in [5.74, 6) is -0.470. The zero-order chi connectivity index (χ0) is 23.6. The van der Waals surface area contributed by atoms with Crippen LogP contribution in [0.25, 0.3) is 10.9 Å². The van der Waals surface area contributed by atoms with Crippen LogP contribution in [0.15, 0.2) is 58.5 Å². The number of aryl methyl sites for hydroxylation is 1. The molecule has 0 atom stereocenters. The molecule has 0 amide bonds. The van der Waals surface area contributed by atoms with E-state index in [0.717, 1.165) is 12.0 Å². The largest absolute Gasteiger partial charge is 0.462 e. The van der Waals surface area contributed by atoms with Crippen LogP contribution in [0.5, 0.6) is 0 Å². The Balaban J connectivity index is 1.92. The van der Waals surface area contributed by atoms with Gasteiger partial charge in [-0.25, -0.2) is 13.2 Å². The number of sulfone groups is 1. The Morgan fingerprint density at radius 3 is 2.45 bits per heavy atom. The molecule has 1 fully saturated rings. The topological polar surface area (TPSA) is 96.8 Å². The molecule has 8 heteroatoms. The van der Waals surface area contributed by atoms with Gasteiger partial charge in [0.05, 0.1) is 34.4 Å². The van der Waals surface area contributed by atoms with Gasteiger partial charge in [-0.1, -0.05) is 19.1 Å². The smallest absolute Gasteiger partial charge is 0.338 e. The third kappa shape index (κ3) is 4.58. The molecule has 4 rings (SSSR count). The highest BCUT2D eigenvalue weighted by Crippen LogP contribution is 2.37. The predicted molar refractivity (Wildman–Crippen MR) is 126 cm³/mol. The third-order valence-electron chi connectivity index (χ3n) is 6.03. The molecule has 1 aliphatic rings. The monoisotopic (exact) mass is 468 g/mol. The summed E-state index contributed by atoms with van der Waals surface area (Å²) >= 11 is 0. The van der Waals surface area contributed by atoms with Crippen molar-refractivity contribution in [1.29, 1.82) is 0 Å². The molecular weight excluding hydrogens is 440 g/mol. The normalized spacial score (nSPS) is 15.1. The van der Waals surface area contributed by atoms with E-state index in [9.17, 15) is 18.3 Å². The highest BCUT2D eigenvalue weighted by Gasteiger charge is 2.29. The number of rotatable bonds is 6. The molecule has 174 valence electrons. The number of pyridine rings is 1. The van der Waals surface area contributed by atoms with E-state index in [4.69, 9.17) is 4.74 Å². The Bertz CT molecular complexity index is 1260. The van der Waals surface area contributed by atoms with Crippen molar-refractivity contribution in [2.24, 2.45) is 0 Å². The van der Waals surface area contributed by atoms with Crippen LogP contribution < -0.4 is 4.90 Å². The molecule has 0 bridgehead atoms. The third-order valence-corrected chi connectivity index (χ3v) is 7.80. The van der Waals surface area contributed by atoms with Crippen molar-refractivity contribution in [1.82, 2.24) is 4.98 Å². The van der Waals surface area contributed by atoms with Crippen molar-refractivity contribution in [3.63, 3.8) is 0 Å². The minimum Gasteiger partial charge on any atom is -0.462 e. The Hall–Kier alpha value is -2.97. The molecule has 33 heavy (non-hydrogen) atoms. The first-order chi connectivity index (χ1) is 15.8. The Labute approximate surface area is 193 Å². The lowest BCUT2D eigenvalue weighted by atomic mass is 10.0. The number of carbonyl (C=O) groups is 1. The minimum atomic E-state index is -3.88. The summed E-state index contributed by atoms with van der Waals surface area (Å²) in [6, 6.07) is 11.9. The van der Waals surface area contributed by atoms with Gasteiger partial charge >= 0.3 is 5.97 Å². The number of aliphatic hydroxyl groups is 1. The van der Waals surface area contributed by atoms with Gasteiger partial charge < -0.3 is 14.7 Å². The number of piperidine rings is 1. The van der Waals surface area contributed by atoms with Gasteiger partial charge in [-0.3, -0.25) is 4.98 Å². The number of aliphatic hydroxyl groups excluding tert-OH is 1. The zero-order valence-corrected chi connectivity index (χ0v) is 19.6. The molecule has 1 saturated heterocycles. The fraction of sp³-hybridized carbons (Fsp3) is 0.360. The molecule has 0 unspecified atom stereocenters. The number of carbonyl (C=O) groups excluding carboxylic acids is 1. The van der Waals surface area contributed by atoms with Gasteiger partial charge in [0.15, 0.2) is 0 Å². The second-order valence-electron chi connectivity index (χ2n) is 8.14. The van der Waals surface area contributed by atoms with Crippen molar-refractivity contribution >= 4 is 32.4 Å². The van der Waals surface area contributed by atoms with Crippen LogP contribution >= 0.6 is 0 Å². The first-order valence-corrected chi connectivity index (χ1v) is 12.7. The summed E-state index contributed by atoms with van der Waals surface area (Å²) in [5.41, 5.74) is 2.49. The van der Waals surface area contributed by atoms with Gasteiger partial charge in [0.1, 0.15) is 4.90 Å². The number of hydrogen-bond donors (Lipinski definition) is 1. The molecule has 0 saturated carbocycles. The van der Waals surface area contributed by atoms with E-state index in [2.05, 4.69) is 4.98 Å². The highest BCUT2D eigenvalue weighted by atomic mass is 32.2. The predicted octanol–water partition coefficient (Wildman–Crippen LogP) is 3.77. The average molecular weight is 469 g/mol. The summed E-state index contributed by atoms with van der Waals surface area (Å²) in [5, 5.41) is 10.6. The second kappa shape index (κ2) is 9.49. The van der Waals surface area contributed by atoms with Crippen molar-refractivity contribution in [2.75, 3.05) is 24.6 Å². The molecule has 0 aliphatic carbocycles. The average Bonchev–Trinajstić information content (AvgIpc) is 2.83. The van der Waals surface area contributed by atoms with Crippen LogP contribution in [0, 0.1) is 0 Å². The first-order valence-electron chi connectivity index (χ1n) is 11.2. The van der Waals surface area contributed by atoms with E-state index in [0.29, 0.717) is 48.1 Å². The maximum Gasteiger partial charge on any atom is 0.338 e. The SMILES string of the molecule is CCOC(=O)c1ccc2ncc(S(=O)(=O)c3ccc(CC)cc3)c(N3CCC(O)CC3)c2c1. The summed E-state index contributed by atoms with van der Waals surface area (Å²) in [7, 11) is -3.88. The van der Waals surface area contributed by atoms with Gasteiger partial charge in [-0.2, -0.15) is 0 Å². The van der Waals surface area contributed by atoms with E-state index in [1.807, 2.05) is 24.0 Å². The molecule has 2 heterocycles. The van der Waals surface area contributed by atoms with Crippen molar-refractivity contribution in [3.8, 4) is 0 Å². The lowest BCUT2D eigenvalue weighted by Gasteiger charge is -2.33. The van der Waals surface area contributed by atoms with Crippen LogP contribution in [0.2, 0.25) is 0 Å². The molecule has 1 aromatic heterocycles. The first kappa shape index (κ1) is 23.2. The molecule has 1 aliphatic heterocycles. The Morgan fingerprint density at radius 1 is 1.12 bits per heavy atom. The van der Waals surface area contributed by atoms with Crippen molar-refractivity contribution < 1.29 is 23.1 Å². The molecule has 2 aromatic carbocycles. The number of fused-ring (bicyclic) bond motifs is 1. The molecule has 7 nitrogen and oxygen atoms in total. The molecule has 3 aromatic rings. The Morgan fingerprint density at radius 2 is 1.82 bits per heavy atom. The standard InChI is InChI=1S/C25H28N2O5S/c1-3-17-5-8-20(9-6-17)33(30,31)23-16-26-22-10-7-18(25(29)32-4-2)15-21(22)24(23)27-13-11-19(28)12-14-27/h5-10,15-16,19,28H,3-4,11-14H2,1-2H3. The van der Waals surface area contributed by atoms with Crippen molar-refractivity contribution in [2.45, 2.75) is 49.0 Å². The molecule has 1 N–H and O–H groups in total. The van der Waals surface area contributed by atoms with Crippen LogP contribution in [-0.2, 0) is 21.0 Å². The molecular formula is C25H28N2O5S. The fourth-order valence-corrected chi connectivity index (χ4v) is 5.58. The maximum absolute atomic E-state index is 13.7. The highest BCUT2D eigenvalue weighted by molar-refractivity contribution is 7.91. The van der Waals surface area contributed by atoms with Gasteiger partial charge in [0, 0.05) is 24.7 Å². The van der Waals surface area contributed by atoms with E-state index >= 15 is 0 Å². The van der Waals surface area contributed by atoms with Crippen LogP contribution in [0.1, 0.15) is 42.6 Å². The fourth-order valence-electron chi connectivity index (χ4n) is 4.15. The van der Waals surface area contributed by atoms with Gasteiger partial charge in [0.25, 0.3) is 0 Å². The number of esters is 1. The maximum atomic E-state index is 13.7. The van der Waals surface area contributed by atoms with E-state index in [1.165, 1.54) is 6.20 Å². The van der Waals surface area contributed by atoms with Crippen LogP contribution in [0.4, 0.5) is 5.69 Å². The zero-order valence-electron chi connectivity index (χ0n) is 18.8. The summed E-state index contributed by atoms with van der Waals surface area (Å²) in [4.78, 5) is 19.1. The number of aromatic nitrogens is 1. The number of ether oxygens (including phenoxy) is 1. The quantitative estimate of drug-likeness (QED) is 0.550. The molecule has 0 radical (unpaired) electrons. The summed E-state index contributed by atoms with van der Waals surface area (Å²) in [6.45, 7) is 5.00. The number of anilines is 1. The lowest BCUT2D eigenvalue weighted by molar-refractivity contribution is 0.0526. The number of benzene rings is 2. The van der Waals surface area contributed by atoms with E-state index in [1.54, 1.807) is 37.3 Å². The van der Waals surface area contributed by atoms with Crippen molar-refractivity contribution in [3.05, 3.63) is 59.8 Å². The van der Waals surface area contributed by atoms with Crippen LogP contribution in [-0.4, -0.2) is 50.3 Å². The number of hydrogen-bond acceptors (Lipinski definition) is 7. The second-order valence-corrected chi connectivity index (χ2v) is 10.1. The van der Waals surface area contributed by atoms with Gasteiger partial charge in [-0.15, -0.1) is 0 Å². The van der Waals surface area contributed by atoms with Gasteiger partial charge in [-0.05, 0) is 62.1 Å². The molecule has 0 spiro atoms. The van der Waals surface area contributed by atoms with E-state index in [-0.39, 0.29) is 16.4 Å². The number of nitrogens with zero attached hydrogens (tertiary/aromatic N) is 2. The van der Waals surface area contributed by atoms with E-state index < -0.39 is 21.9 Å². The summed E-state index contributed by atoms with van der Waals surface area (Å²) in [6.07, 6.45) is 2.87. The minimum absolute atomic E-state index is 0.0941. The Kier molecular flexibility index (Phi) is 6.67. The van der Waals surface area contributed by atoms with Crippen LogP contribution in [0.3, 0.4) is 0 Å².